The standard InChI is InChI=1S/C24H26FN9/c1-29-22-16(12-27)9-17(13-31-22)20-21(14-3-4-15(11-26)19(25)10-14)32-24(33-23(20)30-2)34-7-5-18(28)6-8-34/h3-4,9-10,12-13,18,27H,5-8,28H2,1-2H3,(H,29,31)(H,30,32,33). The van der Waals surface area contributed by atoms with E-state index in [9.17, 15) is 4.39 Å². The normalized spacial score (nSPS) is 13.9. The fourth-order valence-electron chi connectivity index (χ4n) is 4.04. The van der Waals surface area contributed by atoms with Crippen molar-refractivity contribution in [1.82, 2.24) is 15.0 Å². The molecule has 0 unspecified atom stereocenters. The second kappa shape index (κ2) is 9.80. The highest BCUT2D eigenvalue weighted by molar-refractivity contribution is 5.93. The van der Waals surface area contributed by atoms with E-state index in [0.717, 1.165) is 25.9 Å². The Hall–Kier alpha value is -4.10. The highest BCUT2D eigenvalue weighted by Crippen LogP contribution is 2.38. The summed E-state index contributed by atoms with van der Waals surface area (Å²) < 4.78 is 14.6. The quantitative estimate of drug-likeness (QED) is 0.412. The lowest BCUT2D eigenvalue weighted by Gasteiger charge is -2.31. The van der Waals surface area contributed by atoms with Crippen LogP contribution in [0, 0.1) is 22.6 Å². The summed E-state index contributed by atoms with van der Waals surface area (Å²) in [5.74, 6) is 1.02. The van der Waals surface area contributed by atoms with Crippen molar-refractivity contribution in [2.24, 2.45) is 5.73 Å². The molecule has 1 aliphatic rings. The summed E-state index contributed by atoms with van der Waals surface area (Å²) in [4.78, 5) is 16.1. The number of anilines is 3. The van der Waals surface area contributed by atoms with E-state index in [-0.39, 0.29) is 11.6 Å². The maximum atomic E-state index is 14.6. The molecule has 2 aromatic heterocycles. The molecule has 174 valence electrons. The highest BCUT2D eigenvalue weighted by atomic mass is 19.1. The molecule has 0 saturated carbocycles. The van der Waals surface area contributed by atoms with Crippen molar-refractivity contribution >= 4 is 23.8 Å². The van der Waals surface area contributed by atoms with Crippen LogP contribution in [0.3, 0.4) is 0 Å². The zero-order chi connectivity index (χ0) is 24.2. The fraction of sp³-hybridized carbons (Fsp3) is 0.292. The third-order valence-corrected chi connectivity index (χ3v) is 5.92. The van der Waals surface area contributed by atoms with Gasteiger partial charge in [0.1, 0.15) is 23.5 Å². The Balaban J connectivity index is 1.95. The lowest BCUT2D eigenvalue weighted by molar-refractivity contribution is 0.496. The highest BCUT2D eigenvalue weighted by Gasteiger charge is 2.24. The number of hydrogen-bond acceptors (Lipinski definition) is 9. The first kappa shape index (κ1) is 23.1. The average Bonchev–Trinajstić information content (AvgIpc) is 2.87. The predicted octanol–water partition coefficient (Wildman–Crippen LogP) is 3.22. The Labute approximate surface area is 197 Å². The fourth-order valence-corrected chi connectivity index (χ4v) is 4.04. The van der Waals surface area contributed by atoms with Crippen LogP contribution < -0.4 is 21.3 Å². The molecule has 0 radical (unpaired) electrons. The Morgan fingerprint density at radius 3 is 2.50 bits per heavy atom. The second-order valence-electron chi connectivity index (χ2n) is 8.03. The summed E-state index contributed by atoms with van der Waals surface area (Å²) in [5.41, 5.74) is 8.94. The molecule has 3 aromatic rings. The monoisotopic (exact) mass is 459 g/mol. The molecule has 0 aliphatic carbocycles. The summed E-state index contributed by atoms with van der Waals surface area (Å²) in [7, 11) is 3.50. The number of nitrogens with one attached hydrogen (secondary N) is 3. The third-order valence-electron chi connectivity index (χ3n) is 5.92. The topological polar surface area (TPSA) is 140 Å². The zero-order valence-electron chi connectivity index (χ0n) is 19.1. The number of rotatable bonds is 6. The summed E-state index contributed by atoms with van der Waals surface area (Å²) >= 11 is 0. The summed E-state index contributed by atoms with van der Waals surface area (Å²) in [6, 6.07) is 8.26. The molecule has 1 aromatic carbocycles. The molecular formula is C24H26FN9. The third kappa shape index (κ3) is 4.38. The summed E-state index contributed by atoms with van der Waals surface area (Å²) in [6.45, 7) is 1.45. The smallest absolute Gasteiger partial charge is 0.227 e. The molecule has 0 bridgehead atoms. The molecule has 5 N–H and O–H groups in total. The van der Waals surface area contributed by atoms with Crippen molar-refractivity contribution in [2.75, 3.05) is 42.7 Å². The number of pyridine rings is 1. The molecule has 34 heavy (non-hydrogen) atoms. The molecular weight excluding hydrogens is 433 g/mol. The van der Waals surface area contributed by atoms with Gasteiger partial charge in [-0.25, -0.2) is 14.4 Å². The number of halogens is 1. The number of nitrogens with zero attached hydrogens (tertiary/aromatic N) is 5. The van der Waals surface area contributed by atoms with Crippen LogP contribution in [-0.2, 0) is 0 Å². The van der Waals surface area contributed by atoms with Gasteiger partial charge in [-0.1, -0.05) is 6.07 Å². The van der Waals surface area contributed by atoms with Gasteiger partial charge in [-0.05, 0) is 31.0 Å². The van der Waals surface area contributed by atoms with E-state index in [1.54, 1.807) is 26.4 Å². The van der Waals surface area contributed by atoms with Crippen LogP contribution in [-0.4, -0.2) is 54.4 Å². The molecule has 0 spiro atoms. The molecule has 9 nitrogen and oxygen atoms in total. The number of nitriles is 1. The van der Waals surface area contributed by atoms with Crippen LogP contribution in [0.4, 0.5) is 22.0 Å². The van der Waals surface area contributed by atoms with E-state index in [2.05, 4.69) is 20.5 Å². The van der Waals surface area contributed by atoms with Gasteiger partial charge in [-0.2, -0.15) is 10.2 Å². The first-order chi connectivity index (χ1) is 16.5. The lowest BCUT2D eigenvalue weighted by atomic mass is 9.98. The van der Waals surface area contributed by atoms with E-state index >= 15 is 0 Å². The van der Waals surface area contributed by atoms with Gasteiger partial charge >= 0.3 is 0 Å². The van der Waals surface area contributed by atoms with Crippen LogP contribution >= 0.6 is 0 Å². The van der Waals surface area contributed by atoms with Gasteiger partial charge in [-0.15, -0.1) is 0 Å². The minimum Gasteiger partial charge on any atom is -0.373 e. The molecule has 0 amide bonds. The van der Waals surface area contributed by atoms with Gasteiger partial charge in [0.05, 0.1) is 16.8 Å². The number of piperidine rings is 1. The van der Waals surface area contributed by atoms with Crippen LogP contribution in [0.5, 0.6) is 0 Å². The lowest BCUT2D eigenvalue weighted by Crippen LogP contribution is -2.40. The number of benzene rings is 1. The van der Waals surface area contributed by atoms with Gasteiger partial charge in [0, 0.05) is 62.3 Å². The molecule has 1 saturated heterocycles. The number of hydrogen-bond donors (Lipinski definition) is 4. The minimum atomic E-state index is -0.620. The van der Waals surface area contributed by atoms with E-state index in [1.165, 1.54) is 18.3 Å². The first-order valence-electron chi connectivity index (χ1n) is 11.0. The number of nitrogens with two attached hydrogens (primary N) is 1. The van der Waals surface area contributed by atoms with Gasteiger partial charge in [0.15, 0.2) is 0 Å². The van der Waals surface area contributed by atoms with Gasteiger partial charge in [-0.3, -0.25) is 0 Å². The molecule has 3 heterocycles. The van der Waals surface area contributed by atoms with Crippen molar-refractivity contribution in [3.63, 3.8) is 0 Å². The maximum Gasteiger partial charge on any atom is 0.227 e. The Morgan fingerprint density at radius 2 is 1.88 bits per heavy atom. The van der Waals surface area contributed by atoms with Crippen LogP contribution in [0.2, 0.25) is 0 Å². The van der Waals surface area contributed by atoms with Crippen LogP contribution in [0.15, 0.2) is 30.5 Å². The maximum absolute atomic E-state index is 14.6. The Kier molecular flexibility index (Phi) is 6.65. The summed E-state index contributed by atoms with van der Waals surface area (Å²) in [5, 5.41) is 23.0. The minimum absolute atomic E-state index is 0.0374. The van der Waals surface area contributed by atoms with Crippen molar-refractivity contribution in [3.05, 3.63) is 47.4 Å². The predicted molar refractivity (Wildman–Crippen MR) is 132 cm³/mol. The Morgan fingerprint density at radius 1 is 1.15 bits per heavy atom. The molecule has 0 atom stereocenters. The second-order valence-corrected chi connectivity index (χ2v) is 8.03. The van der Waals surface area contributed by atoms with Crippen LogP contribution in [0.25, 0.3) is 22.4 Å². The zero-order valence-corrected chi connectivity index (χ0v) is 19.1. The van der Waals surface area contributed by atoms with Gasteiger partial charge in [0.25, 0.3) is 0 Å². The van der Waals surface area contributed by atoms with Crippen molar-refractivity contribution in [2.45, 2.75) is 18.9 Å². The molecule has 1 fully saturated rings. The van der Waals surface area contributed by atoms with Gasteiger partial charge in [0.2, 0.25) is 5.95 Å². The number of aromatic nitrogens is 3. The average molecular weight is 460 g/mol. The first-order valence-corrected chi connectivity index (χ1v) is 11.0. The van der Waals surface area contributed by atoms with Crippen molar-refractivity contribution < 1.29 is 4.39 Å². The van der Waals surface area contributed by atoms with Crippen LogP contribution in [0.1, 0.15) is 24.0 Å². The van der Waals surface area contributed by atoms with Crippen molar-refractivity contribution in [1.29, 1.82) is 10.7 Å². The van der Waals surface area contributed by atoms with E-state index in [0.29, 0.717) is 45.5 Å². The van der Waals surface area contributed by atoms with E-state index in [1.807, 2.05) is 12.1 Å². The van der Waals surface area contributed by atoms with E-state index < -0.39 is 5.82 Å². The van der Waals surface area contributed by atoms with E-state index in [4.69, 9.17) is 26.4 Å². The largest absolute Gasteiger partial charge is 0.373 e. The molecule has 1 aliphatic heterocycles. The van der Waals surface area contributed by atoms with Gasteiger partial charge < -0.3 is 26.7 Å². The molecule has 10 heteroatoms. The van der Waals surface area contributed by atoms with Crippen molar-refractivity contribution in [3.8, 4) is 28.5 Å². The molecule has 4 rings (SSSR count). The Bertz CT molecular complexity index is 1260. The summed E-state index contributed by atoms with van der Waals surface area (Å²) in [6.07, 6.45) is 4.55. The SMILES string of the molecule is CNc1ncc(-c2c(NC)nc(N3CCC(N)CC3)nc2-c2ccc(C#N)c(F)c2)cc1C=N.